The van der Waals surface area contributed by atoms with E-state index < -0.39 is 5.82 Å². The minimum atomic E-state index is -0.461. The summed E-state index contributed by atoms with van der Waals surface area (Å²) in [6, 6.07) is 2.67. The third-order valence-electron chi connectivity index (χ3n) is 2.82. The van der Waals surface area contributed by atoms with Gasteiger partial charge >= 0.3 is 0 Å². The lowest BCUT2D eigenvalue weighted by Gasteiger charge is -2.19. The molecule has 1 heterocycles. The Bertz CT molecular complexity index is 467. The molecule has 0 radical (unpaired) electrons. The van der Waals surface area contributed by atoms with Crippen molar-refractivity contribution in [3.05, 3.63) is 22.4 Å². The van der Waals surface area contributed by atoms with E-state index in [2.05, 4.69) is 15.9 Å². The van der Waals surface area contributed by atoms with E-state index in [1.54, 1.807) is 0 Å². The van der Waals surface area contributed by atoms with Crippen LogP contribution in [0, 0.1) is 11.7 Å². The third kappa shape index (κ3) is 2.28. The first-order valence-corrected chi connectivity index (χ1v) is 5.98. The molecule has 1 aliphatic heterocycles. The molecule has 0 bridgehead atoms. The predicted octanol–water partition coefficient (Wildman–Crippen LogP) is 1.52. The van der Waals surface area contributed by atoms with Crippen LogP contribution in [0.25, 0.3) is 0 Å². The SMILES string of the molecule is Nc1cc(F)c(Br)cc1N1CC(CO)CC1=O. The highest BCUT2D eigenvalue weighted by Gasteiger charge is 2.31. The smallest absolute Gasteiger partial charge is 0.227 e. The summed E-state index contributed by atoms with van der Waals surface area (Å²) in [6.07, 6.45) is 0.297. The van der Waals surface area contributed by atoms with Gasteiger partial charge in [-0.2, -0.15) is 0 Å². The normalized spacial score (nSPS) is 20.1. The van der Waals surface area contributed by atoms with Crippen LogP contribution >= 0.6 is 15.9 Å². The second-order valence-electron chi connectivity index (χ2n) is 4.08. The minimum Gasteiger partial charge on any atom is -0.397 e. The molecule has 2 rings (SSSR count). The van der Waals surface area contributed by atoms with Crippen LogP contribution in [0.4, 0.5) is 15.8 Å². The molecule has 1 aromatic carbocycles. The molecule has 17 heavy (non-hydrogen) atoms. The summed E-state index contributed by atoms with van der Waals surface area (Å²) < 4.78 is 13.5. The average Bonchev–Trinajstić information content (AvgIpc) is 2.65. The highest BCUT2D eigenvalue weighted by Crippen LogP contribution is 2.33. The van der Waals surface area contributed by atoms with Crippen LogP contribution in [0.15, 0.2) is 16.6 Å². The Morgan fingerprint density at radius 1 is 1.59 bits per heavy atom. The summed E-state index contributed by atoms with van der Waals surface area (Å²) in [5.74, 6) is -0.642. The highest BCUT2D eigenvalue weighted by atomic mass is 79.9. The number of amides is 1. The van der Waals surface area contributed by atoms with Crippen molar-refractivity contribution < 1.29 is 14.3 Å². The molecule has 6 heteroatoms. The van der Waals surface area contributed by atoms with E-state index in [-0.39, 0.29) is 28.6 Å². The van der Waals surface area contributed by atoms with Gasteiger partial charge in [-0.15, -0.1) is 0 Å². The van der Waals surface area contributed by atoms with E-state index in [1.807, 2.05) is 0 Å². The van der Waals surface area contributed by atoms with Crippen molar-refractivity contribution in [2.45, 2.75) is 6.42 Å². The van der Waals surface area contributed by atoms with Crippen molar-refractivity contribution in [3.8, 4) is 0 Å². The summed E-state index contributed by atoms with van der Waals surface area (Å²) in [5.41, 5.74) is 6.41. The fraction of sp³-hybridized carbons (Fsp3) is 0.364. The number of halogens is 2. The van der Waals surface area contributed by atoms with Gasteiger partial charge in [0.15, 0.2) is 0 Å². The molecule has 1 aliphatic rings. The van der Waals surface area contributed by atoms with Gasteiger partial charge < -0.3 is 15.7 Å². The molecule has 1 amide bonds. The molecular formula is C11H12BrFN2O2. The Labute approximate surface area is 106 Å². The number of hydrogen-bond acceptors (Lipinski definition) is 3. The van der Waals surface area contributed by atoms with Crippen LogP contribution in [-0.4, -0.2) is 24.2 Å². The molecule has 92 valence electrons. The molecule has 1 aromatic rings. The van der Waals surface area contributed by atoms with E-state index in [1.165, 1.54) is 17.0 Å². The number of nitrogen functional groups attached to an aromatic ring is 1. The number of nitrogens with zero attached hydrogens (tertiary/aromatic N) is 1. The van der Waals surface area contributed by atoms with Crippen molar-refractivity contribution in [2.24, 2.45) is 5.92 Å². The Kier molecular flexibility index (Phi) is 3.35. The van der Waals surface area contributed by atoms with Gasteiger partial charge in [0.05, 0.1) is 15.8 Å². The maximum Gasteiger partial charge on any atom is 0.227 e. The van der Waals surface area contributed by atoms with Gasteiger partial charge in [0.25, 0.3) is 0 Å². The lowest BCUT2D eigenvalue weighted by Crippen LogP contribution is -2.26. The van der Waals surface area contributed by atoms with E-state index in [0.29, 0.717) is 18.7 Å². The molecule has 0 saturated carbocycles. The van der Waals surface area contributed by atoms with Crippen LogP contribution in [0.5, 0.6) is 0 Å². The Balaban J connectivity index is 2.35. The second kappa shape index (κ2) is 4.62. The van der Waals surface area contributed by atoms with Gasteiger partial charge in [-0.25, -0.2) is 4.39 Å². The van der Waals surface area contributed by atoms with Crippen LogP contribution in [-0.2, 0) is 4.79 Å². The molecule has 1 unspecified atom stereocenters. The molecular weight excluding hydrogens is 291 g/mol. The molecule has 1 atom stereocenters. The van der Waals surface area contributed by atoms with Crippen molar-refractivity contribution >= 4 is 33.2 Å². The third-order valence-corrected chi connectivity index (χ3v) is 3.43. The quantitative estimate of drug-likeness (QED) is 0.814. The Morgan fingerprint density at radius 3 is 2.88 bits per heavy atom. The van der Waals surface area contributed by atoms with Gasteiger partial charge in [0.1, 0.15) is 5.82 Å². The summed E-state index contributed by atoms with van der Waals surface area (Å²) in [7, 11) is 0. The Morgan fingerprint density at radius 2 is 2.29 bits per heavy atom. The molecule has 0 aromatic heterocycles. The first-order valence-electron chi connectivity index (χ1n) is 5.18. The minimum absolute atomic E-state index is 0.0372. The standard InChI is InChI=1S/C11H12BrFN2O2/c12-7-2-10(9(14)3-8(7)13)15-4-6(5-16)1-11(15)17/h2-3,6,16H,1,4-5,14H2. The van der Waals surface area contributed by atoms with Gasteiger partial charge in [0.2, 0.25) is 5.91 Å². The molecule has 0 spiro atoms. The number of nitrogens with two attached hydrogens (primary N) is 1. The second-order valence-corrected chi connectivity index (χ2v) is 4.94. The summed E-state index contributed by atoms with van der Waals surface area (Å²) in [5, 5.41) is 9.04. The maximum atomic E-state index is 13.2. The number of rotatable bonds is 2. The summed E-state index contributed by atoms with van der Waals surface area (Å²) in [6.45, 7) is 0.377. The zero-order valence-electron chi connectivity index (χ0n) is 8.99. The molecule has 0 aliphatic carbocycles. The van der Waals surface area contributed by atoms with Crippen molar-refractivity contribution in [1.29, 1.82) is 0 Å². The topological polar surface area (TPSA) is 66.6 Å². The number of anilines is 2. The number of aliphatic hydroxyl groups is 1. The fourth-order valence-electron chi connectivity index (χ4n) is 1.92. The fourth-order valence-corrected chi connectivity index (χ4v) is 2.25. The summed E-state index contributed by atoms with van der Waals surface area (Å²) >= 11 is 3.06. The van der Waals surface area contributed by atoms with Crippen LogP contribution in [0.2, 0.25) is 0 Å². The largest absolute Gasteiger partial charge is 0.397 e. The molecule has 1 fully saturated rings. The van der Waals surface area contributed by atoms with Crippen LogP contribution < -0.4 is 10.6 Å². The van der Waals surface area contributed by atoms with Crippen LogP contribution in [0.1, 0.15) is 6.42 Å². The van der Waals surface area contributed by atoms with E-state index in [9.17, 15) is 9.18 Å². The maximum absolute atomic E-state index is 13.2. The van der Waals surface area contributed by atoms with Gasteiger partial charge in [-0.1, -0.05) is 0 Å². The molecule has 3 N–H and O–H groups in total. The van der Waals surface area contributed by atoms with Crippen LogP contribution in [0.3, 0.4) is 0 Å². The highest BCUT2D eigenvalue weighted by molar-refractivity contribution is 9.10. The monoisotopic (exact) mass is 302 g/mol. The van der Waals surface area contributed by atoms with Gasteiger partial charge in [-0.3, -0.25) is 4.79 Å². The number of aliphatic hydroxyl groups excluding tert-OH is 1. The van der Waals surface area contributed by atoms with Crippen molar-refractivity contribution in [3.63, 3.8) is 0 Å². The van der Waals surface area contributed by atoms with Crippen molar-refractivity contribution in [1.82, 2.24) is 0 Å². The lowest BCUT2D eigenvalue weighted by molar-refractivity contribution is -0.117. The zero-order valence-corrected chi connectivity index (χ0v) is 10.6. The number of carbonyl (C=O) groups excluding carboxylic acids is 1. The number of hydrogen-bond donors (Lipinski definition) is 2. The van der Waals surface area contributed by atoms with Gasteiger partial charge in [0, 0.05) is 31.6 Å². The Hall–Kier alpha value is -1.14. The summed E-state index contributed by atoms with van der Waals surface area (Å²) in [4.78, 5) is 13.2. The lowest BCUT2D eigenvalue weighted by atomic mass is 10.1. The van der Waals surface area contributed by atoms with Gasteiger partial charge in [-0.05, 0) is 22.0 Å². The number of benzene rings is 1. The van der Waals surface area contributed by atoms with E-state index >= 15 is 0 Å². The molecule has 4 nitrogen and oxygen atoms in total. The van der Waals surface area contributed by atoms with E-state index in [4.69, 9.17) is 10.8 Å². The van der Waals surface area contributed by atoms with E-state index in [0.717, 1.165) is 0 Å². The number of carbonyl (C=O) groups is 1. The average molecular weight is 303 g/mol. The molecule has 1 saturated heterocycles. The zero-order chi connectivity index (χ0) is 12.6. The van der Waals surface area contributed by atoms with Crippen molar-refractivity contribution in [2.75, 3.05) is 23.8 Å². The predicted molar refractivity (Wildman–Crippen MR) is 66.1 cm³/mol. The first kappa shape index (κ1) is 12.3. The first-order chi connectivity index (χ1) is 8.02.